The minimum absolute atomic E-state index is 0.0597. The van der Waals surface area contributed by atoms with Crippen molar-refractivity contribution in [2.75, 3.05) is 26.2 Å². The summed E-state index contributed by atoms with van der Waals surface area (Å²) in [4.78, 5) is 46.7. The van der Waals surface area contributed by atoms with Crippen molar-refractivity contribution >= 4 is 50.6 Å². The molecule has 0 radical (unpaired) electrons. The van der Waals surface area contributed by atoms with Gasteiger partial charge in [0.25, 0.3) is 0 Å². The van der Waals surface area contributed by atoms with Crippen LogP contribution in [0.5, 0.6) is 0 Å². The van der Waals surface area contributed by atoms with E-state index in [2.05, 4.69) is 18.2 Å². The predicted molar refractivity (Wildman–Crippen MR) is 149 cm³/mol. The fourth-order valence-corrected chi connectivity index (χ4v) is 6.08. The van der Waals surface area contributed by atoms with Gasteiger partial charge in [-0.25, -0.2) is 4.98 Å². The molecule has 2 aliphatic heterocycles. The lowest BCUT2D eigenvalue weighted by molar-refractivity contribution is -0.130. The Bertz CT molecular complexity index is 1560. The zero-order valence-corrected chi connectivity index (χ0v) is 22.0. The molecular formula is C31H34N4O3. The molecule has 2 aromatic carbocycles. The molecule has 196 valence electrons. The number of hydrogen-bond donors (Lipinski definition) is 0. The van der Waals surface area contributed by atoms with Crippen LogP contribution in [-0.2, 0) is 22.4 Å². The molecule has 2 fully saturated rings. The van der Waals surface area contributed by atoms with Crippen molar-refractivity contribution in [3.63, 3.8) is 0 Å². The van der Waals surface area contributed by atoms with E-state index in [0.717, 1.165) is 95.8 Å². The highest BCUT2D eigenvalue weighted by molar-refractivity contribution is 6.13. The van der Waals surface area contributed by atoms with E-state index in [1.807, 2.05) is 34.1 Å². The highest BCUT2D eigenvalue weighted by atomic mass is 16.2. The Morgan fingerprint density at radius 3 is 1.92 bits per heavy atom. The highest BCUT2D eigenvalue weighted by Crippen LogP contribution is 2.32. The van der Waals surface area contributed by atoms with Crippen molar-refractivity contribution in [2.45, 2.75) is 58.3 Å². The molecule has 0 bridgehead atoms. The van der Waals surface area contributed by atoms with E-state index in [-0.39, 0.29) is 17.7 Å². The van der Waals surface area contributed by atoms with Gasteiger partial charge in [0.05, 0.1) is 22.1 Å². The number of benzene rings is 2. The molecule has 6 rings (SSSR count). The minimum atomic E-state index is -0.0597. The molecule has 7 heteroatoms. The molecular weight excluding hydrogens is 476 g/mol. The van der Waals surface area contributed by atoms with E-state index < -0.39 is 0 Å². The van der Waals surface area contributed by atoms with Crippen LogP contribution in [0.15, 0.2) is 42.5 Å². The zero-order valence-electron chi connectivity index (χ0n) is 22.0. The van der Waals surface area contributed by atoms with Crippen LogP contribution in [0.1, 0.15) is 61.4 Å². The maximum atomic E-state index is 12.7. The first kappa shape index (κ1) is 24.6. The van der Waals surface area contributed by atoms with E-state index >= 15 is 0 Å². The second-order valence-corrected chi connectivity index (χ2v) is 10.8. The summed E-state index contributed by atoms with van der Waals surface area (Å²) in [5.74, 6) is 0.386. The molecule has 2 aliphatic rings. The molecule has 0 N–H and O–H groups in total. The van der Waals surface area contributed by atoms with Gasteiger partial charge in [0.2, 0.25) is 17.7 Å². The lowest BCUT2D eigenvalue weighted by Gasteiger charge is -2.15. The molecule has 0 atom stereocenters. The number of nitrogens with zero attached hydrogens (tertiary/aromatic N) is 4. The number of carbonyl (C=O) groups excluding carboxylic acids is 3. The van der Waals surface area contributed by atoms with Gasteiger partial charge in [0, 0.05) is 56.7 Å². The van der Waals surface area contributed by atoms with Crippen LogP contribution < -0.4 is 0 Å². The number of fused-ring (bicyclic) bond motifs is 4. The van der Waals surface area contributed by atoms with Crippen molar-refractivity contribution in [3.8, 4) is 0 Å². The summed E-state index contributed by atoms with van der Waals surface area (Å²) < 4.78 is 1.74. The summed E-state index contributed by atoms with van der Waals surface area (Å²) in [6.45, 7) is 5.08. The zero-order chi connectivity index (χ0) is 26.2. The van der Waals surface area contributed by atoms with E-state index in [9.17, 15) is 14.4 Å². The van der Waals surface area contributed by atoms with Crippen molar-refractivity contribution in [2.24, 2.45) is 0 Å². The Hall–Kier alpha value is -3.74. The average molecular weight is 511 g/mol. The quantitative estimate of drug-likeness (QED) is 0.361. The number of pyridine rings is 1. The van der Waals surface area contributed by atoms with E-state index in [1.165, 1.54) is 0 Å². The summed E-state index contributed by atoms with van der Waals surface area (Å²) in [6, 6.07) is 14.3. The molecule has 2 aromatic heterocycles. The monoisotopic (exact) mass is 510 g/mol. The molecule has 2 saturated heterocycles. The van der Waals surface area contributed by atoms with Crippen LogP contribution in [0.4, 0.5) is 0 Å². The van der Waals surface area contributed by atoms with Gasteiger partial charge in [0.15, 0.2) is 0 Å². The number of carbonyl (C=O) groups is 3. The third-order valence-electron chi connectivity index (χ3n) is 8.14. The number of likely N-dealkylation sites (tertiary alicyclic amines) is 2. The Labute approximate surface area is 222 Å². The van der Waals surface area contributed by atoms with Crippen LogP contribution in [0.3, 0.4) is 0 Å². The van der Waals surface area contributed by atoms with Crippen LogP contribution >= 0.6 is 0 Å². The van der Waals surface area contributed by atoms with Gasteiger partial charge in [-0.15, -0.1) is 0 Å². The molecule has 38 heavy (non-hydrogen) atoms. The lowest BCUT2D eigenvalue weighted by Crippen LogP contribution is -2.27. The fourth-order valence-electron chi connectivity index (χ4n) is 6.08. The Morgan fingerprint density at radius 1 is 0.737 bits per heavy atom. The molecule has 4 aromatic rings. The van der Waals surface area contributed by atoms with Gasteiger partial charge in [-0.3, -0.25) is 19.0 Å². The molecule has 0 saturated carbocycles. The van der Waals surface area contributed by atoms with Gasteiger partial charge in [-0.2, -0.15) is 0 Å². The summed E-state index contributed by atoms with van der Waals surface area (Å²) in [6.07, 6.45) is 6.77. The standard InChI is InChI=1S/C31H34N4O3/c1-21(36)35-27-11-7-23(9-13-30(38)34-16-4-5-17-34)19-25(27)31-28(35)20-24-18-22(6-10-26(24)32-31)8-12-29(37)33-14-2-3-15-33/h6-7,10-11,18-20H,2-5,8-9,12-17H2,1H3. The summed E-state index contributed by atoms with van der Waals surface area (Å²) in [5, 5.41) is 1.90. The Balaban J connectivity index is 1.30. The third kappa shape index (κ3) is 4.66. The van der Waals surface area contributed by atoms with E-state index in [4.69, 9.17) is 4.98 Å². The molecule has 0 spiro atoms. The third-order valence-corrected chi connectivity index (χ3v) is 8.14. The Kier molecular flexibility index (Phi) is 6.60. The van der Waals surface area contributed by atoms with E-state index in [1.54, 1.807) is 11.5 Å². The minimum Gasteiger partial charge on any atom is -0.343 e. The number of amides is 2. The smallest absolute Gasteiger partial charge is 0.228 e. The average Bonchev–Trinajstić information content (AvgIpc) is 3.69. The first-order valence-corrected chi connectivity index (χ1v) is 13.9. The van der Waals surface area contributed by atoms with Crippen LogP contribution in [0.25, 0.3) is 32.8 Å². The Morgan fingerprint density at radius 2 is 1.32 bits per heavy atom. The lowest BCUT2D eigenvalue weighted by atomic mass is 10.0. The first-order chi connectivity index (χ1) is 18.5. The van der Waals surface area contributed by atoms with Gasteiger partial charge < -0.3 is 9.80 Å². The van der Waals surface area contributed by atoms with Crippen LogP contribution in [0, 0.1) is 0 Å². The fraction of sp³-hybridized carbons (Fsp3) is 0.419. The maximum Gasteiger partial charge on any atom is 0.228 e. The van der Waals surface area contributed by atoms with Crippen molar-refractivity contribution in [3.05, 3.63) is 53.6 Å². The molecule has 7 nitrogen and oxygen atoms in total. The van der Waals surface area contributed by atoms with Gasteiger partial charge in [0.1, 0.15) is 0 Å². The van der Waals surface area contributed by atoms with Gasteiger partial charge >= 0.3 is 0 Å². The topological polar surface area (TPSA) is 75.5 Å². The van der Waals surface area contributed by atoms with Gasteiger partial charge in [-0.1, -0.05) is 12.1 Å². The van der Waals surface area contributed by atoms with Crippen LogP contribution in [0.2, 0.25) is 0 Å². The van der Waals surface area contributed by atoms with Crippen molar-refractivity contribution in [1.82, 2.24) is 19.4 Å². The molecule has 0 aliphatic carbocycles. The normalized spacial score (nSPS) is 15.8. The number of rotatable bonds is 6. The largest absolute Gasteiger partial charge is 0.343 e. The van der Waals surface area contributed by atoms with Gasteiger partial charge in [-0.05, 0) is 80.0 Å². The van der Waals surface area contributed by atoms with E-state index in [0.29, 0.717) is 25.7 Å². The summed E-state index contributed by atoms with van der Waals surface area (Å²) >= 11 is 0. The molecule has 4 heterocycles. The first-order valence-electron chi connectivity index (χ1n) is 13.9. The highest BCUT2D eigenvalue weighted by Gasteiger charge is 2.20. The summed E-state index contributed by atoms with van der Waals surface area (Å²) in [7, 11) is 0. The van der Waals surface area contributed by atoms with Crippen molar-refractivity contribution in [1.29, 1.82) is 0 Å². The number of aryl methyl sites for hydroxylation is 2. The number of aromatic nitrogens is 2. The SMILES string of the molecule is CC(=O)n1c2ccc(CCC(=O)N3CCCC3)cc2c2nc3ccc(CCC(=O)N4CCCC4)cc3cc21. The second kappa shape index (κ2) is 10.2. The van der Waals surface area contributed by atoms with Crippen LogP contribution in [-0.4, -0.2) is 63.3 Å². The molecule has 0 unspecified atom stereocenters. The number of hydrogen-bond acceptors (Lipinski definition) is 4. The van der Waals surface area contributed by atoms with Crippen molar-refractivity contribution < 1.29 is 14.4 Å². The maximum absolute atomic E-state index is 12.7. The second-order valence-electron chi connectivity index (χ2n) is 10.8. The predicted octanol–water partition coefficient (Wildman–Crippen LogP) is 5.11. The molecule has 2 amide bonds. The summed E-state index contributed by atoms with van der Waals surface area (Å²) in [5.41, 5.74) is 5.46.